The van der Waals surface area contributed by atoms with Crippen molar-refractivity contribution in [2.45, 2.75) is 32.8 Å². The standard InChI is InChI=1S/C16H21NO4/c1-3-20-14-8-6-7-13(11-18)15(14)21-12(2)16(19)17-9-4-5-10-17/h6-8,11-12H,3-5,9-10H2,1-2H3. The van der Waals surface area contributed by atoms with Crippen molar-refractivity contribution in [2.24, 2.45) is 0 Å². The molecule has 2 rings (SSSR count). The number of para-hydroxylation sites is 1. The second-order valence-electron chi connectivity index (χ2n) is 5.02. The van der Waals surface area contributed by atoms with E-state index >= 15 is 0 Å². The number of ether oxygens (including phenoxy) is 2. The molecule has 0 saturated carbocycles. The summed E-state index contributed by atoms with van der Waals surface area (Å²) in [6.07, 6.45) is 2.15. The first kappa shape index (κ1) is 15.4. The molecule has 1 amide bonds. The number of likely N-dealkylation sites (tertiary alicyclic amines) is 1. The molecule has 0 N–H and O–H groups in total. The second-order valence-corrected chi connectivity index (χ2v) is 5.02. The number of hydrogen-bond acceptors (Lipinski definition) is 4. The van der Waals surface area contributed by atoms with Crippen LogP contribution >= 0.6 is 0 Å². The molecule has 1 saturated heterocycles. The van der Waals surface area contributed by atoms with Crippen molar-refractivity contribution in [3.8, 4) is 11.5 Å². The Bertz CT molecular complexity index is 509. The highest BCUT2D eigenvalue weighted by Crippen LogP contribution is 2.31. The molecule has 1 aliphatic rings. The molecule has 0 bridgehead atoms. The van der Waals surface area contributed by atoms with Crippen LogP contribution in [-0.2, 0) is 4.79 Å². The third kappa shape index (κ3) is 3.54. The first-order chi connectivity index (χ1) is 10.2. The van der Waals surface area contributed by atoms with Crippen molar-refractivity contribution >= 4 is 12.2 Å². The number of carbonyl (C=O) groups is 2. The van der Waals surface area contributed by atoms with Crippen molar-refractivity contribution in [2.75, 3.05) is 19.7 Å². The summed E-state index contributed by atoms with van der Waals surface area (Å²) in [7, 11) is 0. The van der Waals surface area contributed by atoms with Gasteiger partial charge in [-0.1, -0.05) is 6.07 Å². The van der Waals surface area contributed by atoms with Crippen LogP contribution in [0.15, 0.2) is 18.2 Å². The number of amides is 1. The van der Waals surface area contributed by atoms with Crippen LogP contribution < -0.4 is 9.47 Å². The number of hydrogen-bond donors (Lipinski definition) is 0. The van der Waals surface area contributed by atoms with E-state index in [1.165, 1.54) is 0 Å². The van der Waals surface area contributed by atoms with Crippen molar-refractivity contribution in [1.29, 1.82) is 0 Å². The fourth-order valence-electron chi connectivity index (χ4n) is 2.44. The fraction of sp³-hybridized carbons (Fsp3) is 0.500. The summed E-state index contributed by atoms with van der Waals surface area (Å²) in [5.74, 6) is 0.785. The Morgan fingerprint density at radius 2 is 2.10 bits per heavy atom. The SMILES string of the molecule is CCOc1cccc(C=O)c1OC(C)C(=O)N1CCCC1. The Kier molecular flexibility index (Phi) is 5.20. The van der Waals surface area contributed by atoms with E-state index in [0.717, 1.165) is 25.9 Å². The van der Waals surface area contributed by atoms with E-state index in [1.807, 2.05) is 6.92 Å². The summed E-state index contributed by atoms with van der Waals surface area (Å²) in [6, 6.07) is 5.12. The number of nitrogens with zero attached hydrogens (tertiary/aromatic N) is 1. The number of aldehydes is 1. The molecule has 5 nitrogen and oxygen atoms in total. The quantitative estimate of drug-likeness (QED) is 0.755. The fourth-order valence-corrected chi connectivity index (χ4v) is 2.44. The minimum Gasteiger partial charge on any atom is -0.490 e. The van der Waals surface area contributed by atoms with Gasteiger partial charge in [0.2, 0.25) is 0 Å². The minimum atomic E-state index is -0.636. The molecule has 1 aliphatic heterocycles. The third-order valence-corrected chi connectivity index (χ3v) is 3.50. The van der Waals surface area contributed by atoms with Gasteiger partial charge in [-0.05, 0) is 38.8 Å². The molecule has 0 spiro atoms. The van der Waals surface area contributed by atoms with Crippen LogP contribution in [-0.4, -0.2) is 42.9 Å². The van der Waals surface area contributed by atoms with Gasteiger partial charge in [-0.2, -0.15) is 0 Å². The molecule has 114 valence electrons. The minimum absolute atomic E-state index is 0.0457. The Labute approximate surface area is 124 Å². The lowest BCUT2D eigenvalue weighted by molar-refractivity contribution is -0.136. The molecule has 0 aromatic heterocycles. The predicted molar refractivity (Wildman–Crippen MR) is 78.9 cm³/mol. The lowest BCUT2D eigenvalue weighted by Gasteiger charge is -2.22. The zero-order valence-corrected chi connectivity index (χ0v) is 12.5. The summed E-state index contributed by atoms with van der Waals surface area (Å²) < 4.78 is 11.2. The van der Waals surface area contributed by atoms with E-state index < -0.39 is 6.10 Å². The monoisotopic (exact) mass is 291 g/mol. The molecular weight excluding hydrogens is 270 g/mol. The Hall–Kier alpha value is -2.04. The Morgan fingerprint density at radius 3 is 2.71 bits per heavy atom. The molecule has 0 radical (unpaired) electrons. The van der Waals surface area contributed by atoms with Crippen LogP contribution in [0, 0.1) is 0 Å². The molecule has 1 fully saturated rings. The first-order valence-corrected chi connectivity index (χ1v) is 7.33. The van der Waals surface area contributed by atoms with Gasteiger partial charge >= 0.3 is 0 Å². The summed E-state index contributed by atoms with van der Waals surface area (Å²) in [6.45, 7) is 5.58. The lowest BCUT2D eigenvalue weighted by Crippen LogP contribution is -2.38. The van der Waals surface area contributed by atoms with Crippen LogP contribution in [0.1, 0.15) is 37.0 Å². The Morgan fingerprint density at radius 1 is 1.38 bits per heavy atom. The van der Waals surface area contributed by atoms with Gasteiger partial charge in [0.15, 0.2) is 23.9 Å². The lowest BCUT2D eigenvalue weighted by atomic mass is 10.2. The van der Waals surface area contributed by atoms with Gasteiger partial charge in [-0.15, -0.1) is 0 Å². The van der Waals surface area contributed by atoms with Gasteiger partial charge in [0.05, 0.1) is 12.2 Å². The molecular formula is C16H21NO4. The topological polar surface area (TPSA) is 55.8 Å². The summed E-state index contributed by atoms with van der Waals surface area (Å²) in [5.41, 5.74) is 0.391. The third-order valence-electron chi connectivity index (χ3n) is 3.50. The van der Waals surface area contributed by atoms with Crippen LogP contribution in [0.25, 0.3) is 0 Å². The smallest absolute Gasteiger partial charge is 0.263 e. The van der Waals surface area contributed by atoms with Crippen LogP contribution in [0.3, 0.4) is 0 Å². The summed E-state index contributed by atoms with van der Waals surface area (Å²) >= 11 is 0. The molecule has 5 heteroatoms. The van der Waals surface area contributed by atoms with E-state index in [9.17, 15) is 9.59 Å². The van der Waals surface area contributed by atoms with Gasteiger partial charge < -0.3 is 14.4 Å². The van der Waals surface area contributed by atoms with Crippen molar-refractivity contribution in [3.05, 3.63) is 23.8 Å². The van der Waals surface area contributed by atoms with Crippen LogP contribution in [0.5, 0.6) is 11.5 Å². The molecule has 1 aromatic rings. The van der Waals surface area contributed by atoms with Crippen molar-refractivity contribution in [1.82, 2.24) is 4.90 Å². The van der Waals surface area contributed by atoms with E-state index in [-0.39, 0.29) is 5.91 Å². The molecule has 0 aliphatic carbocycles. The normalized spacial score (nSPS) is 15.6. The number of rotatable bonds is 6. The molecule has 1 unspecified atom stereocenters. The number of carbonyl (C=O) groups excluding carboxylic acids is 2. The Balaban J connectivity index is 2.16. The maximum atomic E-state index is 12.3. The average molecular weight is 291 g/mol. The van der Waals surface area contributed by atoms with E-state index in [4.69, 9.17) is 9.47 Å². The zero-order valence-electron chi connectivity index (χ0n) is 12.5. The van der Waals surface area contributed by atoms with Gasteiger partial charge in [-0.3, -0.25) is 9.59 Å². The first-order valence-electron chi connectivity index (χ1n) is 7.33. The van der Waals surface area contributed by atoms with E-state index in [2.05, 4.69) is 0 Å². The van der Waals surface area contributed by atoms with Gasteiger partial charge in [0.25, 0.3) is 5.91 Å². The van der Waals surface area contributed by atoms with Crippen LogP contribution in [0.4, 0.5) is 0 Å². The average Bonchev–Trinajstić information content (AvgIpc) is 3.02. The van der Waals surface area contributed by atoms with Gasteiger partial charge in [0.1, 0.15) is 0 Å². The maximum absolute atomic E-state index is 12.3. The van der Waals surface area contributed by atoms with Crippen molar-refractivity contribution < 1.29 is 19.1 Å². The van der Waals surface area contributed by atoms with Crippen LogP contribution in [0.2, 0.25) is 0 Å². The molecule has 21 heavy (non-hydrogen) atoms. The number of benzene rings is 1. The van der Waals surface area contributed by atoms with E-state index in [0.29, 0.717) is 30.0 Å². The highest BCUT2D eigenvalue weighted by atomic mass is 16.5. The highest BCUT2D eigenvalue weighted by Gasteiger charge is 2.26. The molecule has 1 aromatic carbocycles. The second kappa shape index (κ2) is 7.11. The summed E-state index contributed by atoms with van der Waals surface area (Å²) in [4.78, 5) is 25.3. The summed E-state index contributed by atoms with van der Waals surface area (Å²) in [5, 5.41) is 0. The predicted octanol–water partition coefficient (Wildman–Crippen LogP) is 2.29. The largest absolute Gasteiger partial charge is 0.490 e. The zero-order chi connectivity index (χ0) is 15.2. The van der Waals surface area contributed by atoms with Crippen molar-refractivity contribution in [3.63, 3.8) is 0 Å². The maximum Gasteiger partial charge on any atom is 0.263 e. The highest BCUT2D eigenvalue weighted by molar-refractivity contribution is 5.83. The van der Waals surface area contributed by atoms with E-state index in [1.54, 1.807) is 30.0 Å². The molecule has 1 atom stereocenters. The van der Waals surface area contributed by atoms with Gasteiger partial charge in [-0.25, -0.2) is 0 Å². The molecule has 1 heterocycles. The van der Waals surface area contributed by atoms with Gasteiger partial charge in [0, 0.05) is 13.1 Å².